The molecule has 0 heterocycles. The van der Waals surface area contributed by atoms with Gasteiger partial charge < -0.3 is 0 Å². The van der Waals surface area contributed by atoms with Crippen LogP contribution in [0.25, 0.3) is 0 Å². The Morgan fingerprint density at radius 1 is 1.26 bits per heavy atom. The molecule has 0 radical (unpaired) electrons. The Morgan fingerprint density at radius 2 is 1.84 bits per heavy atom. The summed E-state index contributed by atoms with van der Waals surface area (Å²) in [4.78, 5) is 0. The quantitative estimate of drug-likeness (QED) is 0.504. The summed E-state index contributed by atoms with van der Waals surface area (Å²) in [6.07, 6.45) is 1.32. The third-order valence-electron chi connectivity index (χ3n) is 2.56. The minimum absolute atomic E-state index is 0.00118. The maximum absolute atomic E-state index is 6.15. The highest BCUT2D eigenvalue weighted by Gasteiger charge is 2.12. The Balaban J connectivity index is 2.74. The molecule has 104 valence electrons. The van der Waals surface area contributed by atoms with Crippen LogP contribution in [0.5, 0.6) is 0 Å². The Morgan fingerprint density at radius 3 is 2.32 bits per heavy atom. The van der Waals surface area contributed by atoms with Crippen LogP contribution in [0.1, 0.15) is 32.8 Å². The summed E-state index contributed by atoms with van der Waals surface area (Å²) in [5.74, 6) is 11.9. The minimum Gasteiger partial charge on any atom is -0.271 e. The van der Waals surface area contributed by atoms with Gasteiger partial charge in [-0.15, -0.1) is 5.92 Å². The highest BCUT2D eigenvalue weighted by Crippen LogP contribution is 2.25. The van der Waals surface area contributed by atoms with E-state index in [2.05, 4.69) is 38.0 Å². The third kappa shape index (κ3) is 5.84. The number of halogens is 2. The van der Waals surface area contributed by atoms with Crippen LogP contribution in [-0.4, -0.2) is 6.04 Å². The molecule has 3 N–H and O–H groups in total. The van der Waals surface area contributed by atoms with Crippen molar-refractivity contribution in [2.75, 3.05) is 0 Å². The van der Waals surface area contributed by atoms with Crippen molar-refractivity contribution < 1.29 is 0 Å². The van der Waals surface area contributed by atoms with E-state index < -0.39 is 0 Å². The van der Waals surface area contributed by atoms with Gasteiger partial charge in [-0.25, -0.2) is 0 Å². The summed E-state index contributed by atoms with van der Waals surface area (Å²) >= 11 is 12.3. The molecule has 2 nitrogen and oxygen atoms in total. The normalized spacial score (nSPS) is 12.7. The van der Waals surface area contributed by atoms with Crippen LogP contribution < -0.4 is 11.3 Å². The number of nitrogens with two attached hydrogens (primary N) is 1. The zero-order chi connectivity index (χ0) is 14.5. The first kappa shape index (κ1) is 16.3. The van der Waals surface area contributed by atoms with Crippen LogP contribution in [0.3, 0.4) is 0 Å². The van der Waals surface area contributed by atoms with Crippen LogP contribution in [-0.2, 0) is 6.42 Å². The standard InChI is InChI=1S/C15H20Cl2N2/c1-15(2,3)9-5-6-11(19-18)10-12-13(16)7-4-8-14(12)17/h4,7-8,11,19H,6,10,18H2,1-3H3. The summed E-state index contributed by atoms with van der Waals surface area (Å²) < 4.78 is 0. The van der Waals surface area contributed by atoms with E-state index >= 15 is 0 Å². The Bertz CT molecular complexity index is 461. The Hall–Kier alpha value is -0.720. The van der Waals surface area contributed by atoms with Crippen molar-refractivity contribution in [2.24, 2.45) is 11.3 Å². The molecule has 0 saturated heterocycles. The molecule has 1 aromatic carbocycles. The predicted molar refractivity (Wildman–Crippen MR) is 83.1 cm³/mol. The molecule has 0 aliphatic heterocycles. The maximum atomic E-state index is 6.15. The summed E-state index contributed by atoms with van der Waals surface area (Å²) in [5, 5.41) is 1.33. The fraction of sp³-hybridized carbons (Fsp3) is 0.467. The van der Waals surface area contributed by atoms with E-state index in [1.54, 1.807) is 0 Å². The SMILES string of the molecule is CC(C)(C)C#CCC(Cc1c(Cl)cccc1Cl)NN. The smallest absolute Gasteiger partial charge is 0.0453 e. The average molecular weight is 299 g/mol. The summed E-state index contributed by atoms with van der Waals surface area (Å²) in [6.45, 7) is 6.24. The van der Waals surface area contributed by atoms with Gasteiger partial charge in [-0.05, 0) is 44.9 Å². The largest absolute Gasteiger partial charge is 0.271 e. The molecule has 0 saturated carbocycles. The van der Waals surface area contributed by atoms with Gasteiger partial charge in [0.05, 0.1) is 0 Å². The molecule has 1 atom stereocenters. The van der Waals surface area contributed by atoms with E-state index in [0.717, 1.165) is 5.56 Å². The van der Waals surface area contributed by atoms with Gasteiger partial charge in [-0.2, -0.15) is 0 Å². The van der Waals surface area contributed by atoms with Gasteiger partial charge in [0.2, 0.25) is 0 Å². The molecule has 1 aromatic rings. The van der Waals surface area contributed by atoms with Crippen LogP contribution in [0.4, 0.5) is 0 Å². The lowest BCUT2D eigenvalue weighted by Crippen LogP contribution is -2.36. The monoisotopic (exact) mass is 298 g/mol. The molecular weight excluding hydrogens is 279 g/mol. The van der Waals surface area contributed by atoms with Crippen LogP contribution in [0.2, 0.25) is 10.0 Å². The first-order valence-electron chi connectivity index (χ1n) is 6.22. The molecule has 0 aliphatic carbocycles. The lowest BCUT2D eigenvalue weighted by atomic mass is 9.97. The second-order valence-corrected chi connectivity index (χ2v) is 6.34. The van der Waals surface area contributed by atoms with Gasteiger partial charge in [-0.1, -0.05) is 35.2 Å². The molecule has 0 amide bonds. The molecule has 0 fully saturated rings. The van der Waals surface area contributed by atoms with Crippen LogP contribution >= 0.6 is 23.2 Å². The number of nitrogens with one attached hydrogen (secondary N) is 1. The first-order chi connectivity index (χ1) is 8.83. The highest BCUT2D eigenvalue weighted by atomic mass is 35.5. The van der Waals surface area contributed by atoms with Crippen molar-refractivity contribution >= 4 is 23.2 Å². The third-order valence-corrected chi connectivity index (χ3v) is 3.27. The van der Waals surface area contributed by atoms with Crippen molar-refractivity contribution in [3.8, 4) is 11.8 Å². The van der Waals surface area contributed by atoms with Crippen molar-refractivity contribution in [3.05, 3.63) is 33.8 Å². The van der Waals surface area contributed by atoms with Gasteiger partial charge >= 0.3 is 0 Å². The van der Waals surface area contributed by atoms with E-state index in [9.17, 15) is 0 Å². The lowest BCUT2D eigenvalue weighted by Gasteiger charge is -2.15. The van der Waals surface area contributed by atoms with E-state index in [-0.39, 0.29) is 11.5 Å². The van der Waals surface area contributed by atoms with Gasteiger partial charge in [0.1, 0.15) is 0 Å². The summed E-state index contributed by atoms with van der Waals surface area (Å²) in [7, 11) is 0. The molecule has 19 heavy (non-hydrogen) atoms. The van der Waals surface area contributed by atoms with Crippen molar-refractivity contribution in [3.63, 3.8) is 0 Å². The van der Waals surface area contributed by atoms with E-state index in [0.29, 0.717) is 22.9 Å². The zero-order valence-corrected chi connectivity index (χ0v) is 13.1. The molecule has 0 bridgehead atoms. The number of rotatable bonds is 4. The number of hydrogen-bond donors (Lipinski definition) is 2. The average Bonchev–Trinajstić information content (AvgIpc) is 2.30. The van der Waals surface area contributed by atoms with Crippen LogP contribution in [0, 0.1) is 17.3 Å². The minimum atomic E-state index is 0.00118. The van der Waals surface area contributed by atoms with Gasteiger partial charge in [0, 0.05) is 27.9 Å². The van der Waals surface area contributed by atoms with Crippen molar-refractivity contribution in [2.45, 2.75) is 39.7 Å². The van der Waals surface area contributed by atoms with Crippen molar-refractivity contribution in [1.29, 1.82) is 0 Å². The highest BCUT2D eigenvalue weighted by molar-refractivity contribution is 6.36. The molecule has 1 rings (SSSR count). The molecule has 0 aromatic heterocycles. The zero-order valence-electron chi connectivity index (χ0n) is 11.6. The fourth-order valence-corrected chi connectivity index (χ4v) is 2.15. The molecule has 4 heteroatoms. The number of benzene rings is 1. The van der Waals surface area contributed by atoms with Crippen molar-refractivity contribution in [1.82, 2.24) is 5.43 Å². The Labute approximate surface area is 125 Å². The first-order valence-corrected chi connectivity index (χ1v) is 6.98. The molecule has 1 unspecified atom stereocenters. The van der Waals surface area contributed by atoms with E-state index in [1.165, 1.54) is 0 Å². The number of hydrogen-bond acceptors (Lipinski definition) is 2. The van der Waals surface area contributed by atoms with Gasteiger partial charge in [-0.3, -0.25) is 11.3 Å². The Kier molecular flexibility index (Phi) is 6.16. The summed E-state index contributed by atoms with van der Waals surface area (Å²) in [6, 6.07) is 5.53. The summed E-state index contributed by atoms with van der Waals surface area (Å²) in [5.41, 5.74) is 3.68. The second-order valence-electron chi connectivity index (χ2n) is 5.52. The fourth-order valence-electron chi connectivity index (χ4n) is 1.60. The number of hydrazine groups is 1. The maximum Gasteiger partial charge on any atom is 0.0453 e. The molecule has 0 spiro atoms. The van der Waals surface area contributed by atoms with Gasteiger partial charge in [0.15, 0.2) is 0 Å². The van der Waals surface area contributed by atoms with E-state index in [1.807, 2.05) is 18.2 Å². The van der Waals surface area contributed by atoms with E-state index in [4.69, 9.17) is 29.0 Å². The second kappa shape index (κ2) is 7.17. The molecule has 0 aliphatic rings. The molecular formula is C15H20Cl2N2. The predicted octanol–water partition coefficient (Wildman–Crippen LogP) is 3.81. The van der Waals surface area contributed by atoms with Gasteiger partial charge in [0.25, 0.3) is 0 Å². The lowest BCUT2D eigenvalue weighted by molar-refractivity contribution is 0.532. The van der Waals surface area contributed by atoms with Crippen LogP contribution in [0.15, 0.2) is 18.2 Å². The topological polar surface area (TPSA) is 38.0 Å².